The Bertz CT molecular complexity index is 1250. The fourth-order valence-electron chi connectivity index (χ4n) is 3.81. The van der Waals surface area contributed by atoms with E-state index in [-0.39, 0.29) is 43.6 Å². The van der Waals surface area contributed by atoms with E-state index in [1.54, 1.807) is 43.3 Å². The molecule has 3 N–H and O–H groups in total. The second kappa shape index (κ2) is 13.7. The molecule has 0 aliphatic carbocycles. The highest BCUT2D eigenvalue weighted by atomic mass is 19.1. The topological polar surface area (TPSA) is 104 Å². The molecule has 7 nitrogen and oxygen atoms in total. The number of aryl methyl sites for hydroxylation is 2. The lowest BCUT2D eigenvalue weighted by Crippen LogP contribution is -2.48. The second-order valence-electron chi connectivity index (χ2n) is 8.56. The molecule has 0 radical (unpaired) electrons. The minimum Gasteiger partial charge on any atom is -0.353 e. The highest BCUT2D eigenvalue weighted by Crippen LogP contribution is 2.25. The van der Waals surface area contributed by atoms with Crippen LogP contribution < -0.4 is 16.0 Å². The first kappa shape index (κ1) is 27.3. The maximum Gasteiger partial charge on any atom is 0.251 e. The number of benzene rings is 3. The predicted octanol–water partition coefficient (Wildman–Crippen LogP) is 3.35. The van der Waals surface area contributed by atoms with Gasteiger partial charge in [0, 0.05) is 37.1 Å². The number of carbonyl (C=O) groups excluding carboxylic acids is 4. The van der Waals surface area contributed by atoms with Crippen molar-refractivity contribution in [3.8, 4) is 11.1 Å². The van der Waals surface area contributed by atoms with Crippen LogP contribution >= 0.6 is 0 Å². The van der Waals surface area contributed by atoms with Crippen LogP contribution in [0.2, 0.25) is 0 Å². The highest BCUT2D eigenvalue weighted by Gasteiger charge is 2.20. The van der Waals surface area contributed by atoms with Crippen LogP contribution in [0, 0.1) is 12.7 Å². The van der Waals surface area contributed by atoms with Crippen LogP contribution in [-0.4, -0.2) is 43.1 Å². The summed E-state index contributed by atoms with van der Waals surface area (Å²) < 4.78 is 14.2. The Morgan fingerprint density at radius 2 is 1.62 bits per heavy atom. The molecule has 37 heavy (non-hydrogen) atoms. The Balaban J connectivity index is 1.49. The lowest BCUT2D eigenvalue weighted by atomic mass is 9.99. The van der Waals surface area contributed by atoms with Gasteiger partial charge in [0.2, 0.25) is 11.8 Å². The van der Waals surface area contributed by atoms with E-state index in [1.807, 2.05) is 30.3 Å². The van der Waals surface area contributed by atoms with Gasteiger partial charge in [0.1, 0.15) is 18.1 Å². The Hall–Kier alpha value is -4.33. The van der Waals surface area contributed by atoms with Gasteiger partial charge >= 0.3 is 0 Å². The van der Waals surface area contributed by atoms with Crippen molar-refractivity contribution in [2.45, 2.75) is 32.2 Å². The summed E-state index contributed by atoms with van der Waals surface area (Å²) in [6.45, 7) is 2.02. The van der Waals surface area contributed by atoms with Gasteiger partial charge in [-0.3, -0.25) is 14.4 Å². The molecule has 1 unspecified atom stereocenters. The van der Waals surface area contributed by atoms with Gasteiger partial charge in [-0.25, -0.2) is 4.39 Å². The fourth-order valence-corrected chi connectivity index (χ4v) is 3.81. The number of halogens is 1. The largest absolute Gasteiger partial charge is 0.353 e. The van der Waals surface area contributed by atoms with Crippen LogP contribution in [0.1, 0.15) is 34.3 Å². The zero-order valence-corrected chi connectivity index (χ0v) is 20.6. The molecule has 0 aromatic heterocycles. The molecule has 0 aliphatic heterocycles. The van der Waals surface area contributed by atoms with E-state index in [9.17, 15) is 23.6 Å². The molecule has 0 spiro atoms. The number of rotatable bonds is 12. The minimum atomic E-state index is -0.990. The third-order valence-corrected chi connectivity index (χ3v) is 5.84. The Kier molecular flexibility index (Phi) is 10.1. The standard InChI is InChI=1S/C29H30FN3O4/c1-20-11-13-22(23-9-5-6-10-25(23)30)19-24(20)28(36)31-16-17-32-29(37)26(15-18-34)33-27(35)14-12-21-7-3-2-4-8-21/h2-11,13,18-19,26H,12,14-17H2,1H3,(H,31,36)(H,32,37)(H,33,35). The predicted molar refractivity (Wildman–Crippen MR) is 139 cm³/mol. The molecule has 3 aromatic carbocycles. The lowest BCUT2D eigenvalue weighted by molar-refractivity contribution is -0.129. The first-order valence-electron chi connectivity index (χ1n) is 12.1. The molecule has 1 atom stereocenters. The summed E-state index contributed by atoms with van der Waals surface area (Å²) in [6, 6.07) is 20.0. The summed E-state index contributed by atoms with van der Waals surface area (Å²) in [4.78, 5) is 48.5. The summed E-state index contributed by atoms with van der Waals surface area (Å²) in [5, 5.41) is 7.97. The number of amides is 3. The lowest BCUT2D eigenvalue weighted by Gasteiger charge is -2.17. The Labute approximate surface area is 215 Å². The summed E-state index contributed by atoms with van der Waals surface area (Å²) in [5.74, 6) is -1.57. The summed E-state index contributed by atoms with van der Waals surface area (Å²) in [6.07, 6.45) is 1.13. The molecule has 0 saturated heterocycles. The quantitative estimate of drug-likeness (QED) is 0.260. The first-order chi connectivity index (χ1) is 17.9. The third kappa shape index (κ3) is 8.10. The third-order valence-electron chi connectivity index (χ3n) is 5.84. The van der Waals surface area contributed by atoms with Gasteiger partial charge in [-0.2, -0.15) is 0 Å². The molecule has 0 saturated carbocycles. The van der Waals surface area contributed by atoms with Gasteiger partial charge in [-0.05, 0) is 42.2 Å². The van der Waals surface area contributed by atoms with Crippen molar-refractivity contribution < 1.29 is 23.6 Å². The number of aldehydes is 1. The smallest absolute Gasteiger partial charge is 0.251 e. The van der Waals surface area contributed by atoms with Crippen LogP contribution in [0.3, 0.4) is 0 Å². The zero-order valence-electron chi connectivity index (χ0n) is 20.6. The van der Waals surface area contributed by atoms with E-state index in [4.69, 9.17) is 0 Å². The van der Waals surface area contributed by atoms with Crippen molar-refractivity contribution in [1.29, 1.82) is 0 Å². The number of hydrogen-bond donors (Lipinski definition) is 3. The Morgan fingerprint density at radius 3 is 2.35 bits per heavy atom. The van der Waals surface area contributed by atoms with Gasteiger partial charge < -0.3 is 20.7 Å². The molecule has 3 rings (SSSR count). The van der Waals surface area contributed by atoms with Crippen LogP contribution in [-0.2, 0) is 20.8 Å². The van der Waals surface area contributed by atoms with Gasteiger partial charge in [-0.15, -0.1) is 0 Å². The molecule has 192 valence electrons. The van der Waals surface area contributed by atoms with Crippen LogP contribution in [0.15, 0.2) is 72.8 Å². The maximum absolute atomic E-state index is 14.2. The summed E-state index contributed by atoms with van der Waals surface area (Å²) in [7, 11) is 0. The van der Waals surface area contributed by atoms with Crippen LogP contribution in [0.4, 0.5) is 4.39 Å². The van der Waals surface area contributed by atoms with E-state index >= 15 is 0 Å². The maximum atomic E-state index is 14.2. The average Bonchev–Trinajstić information content (AvgIpc) is 2.90. The normalized spacial score (nSPS) is 11.3. The van der Waals surface area contributed by atoms with Crippen molar-refractivity contribution in [3.05, 3.63) is 95.3 Å². The minimum absolute atomic E-state index is 0.103. The molecular weight excluding hydrogens is 473 g/mol. The van der Waals surface area contributed by atoms with E-state index in [0.717, 1.165) is 11.1 Å². The van der Waals surface area contributed by atoms with Crippen molar-refractivity contribution in [1.82, 2.24) is 16.0 Å². The van der Waals surface area contributed by atoms with Crippen LogP contribution in [0.5, 0.6) is 0 Å². The van der Waals surface area contributed by atoms with Crippen molar-refractivity contribution in [3.63, 3.8) is 0 Å². The van der Waals surface area contributed by atoms with E-state index in [0.29, 0.717) is 29.4 Å². The van der Waals surface area contributed by atoms with Gasteiger partial charge in [0.15, 0.2) is 0 Å². The van der Waals surface area contributed by atoms with E-state index in [1.165, 1.54) is 6.07 Å². The molecule has 8 heteroatoms. The van der Waals surface area contributed by atoms with Crippen molar-refractivity contribution >= 4 is 24.0 Å². The molecular formula is C29H30FN3O4. The molecule has 0 aliphatic rings. The van der Waals surface area contributed by atoms with Gasteiger partial charge in [0.05, 0.1) is 0 Å². The summed E-state index contributed by atoms with van der Waals surface area (Å²) >= 11 is 0. The highest BCUT2D eigenvalue weighted by molar-refractivity contribution is 5.97. The van der Waals surface area contributed by atoms with E-state index < -0.39 is 11.9 Å². The van der Waals surface area contributed by atoms with Gasteiger partial charge in [-0.1, -0.05) is 60.7 Å². The molecule has 0 fully saturated rings. The Morgan fingerprint density at radius 1 is 0.919 bits per heavy atom. The average molecular weight is 504 g/mol. The second-order valence-corrected chi connectivity index (χ2v) is 8.56. The van der Waals surface area contributed by atoms with Crippen molar-refractivity contribution in [2.75, 3.05) is 13.1 Å². The van der Waals surface area contributed by atoms with Gasteiger partial charge in [0.25, 0.3) is 5.91 Å². The number of carbonyl (C=O) groups is 4. The molecule has 0 heterocycles. The monoisotopic (exact) mass is 503 g/mol. The first-order valence-corrected chi connectivity index (χ1v) is 12.1. The number of nitrogens with one attached hydrogen (secondary N) is 3. The fraction of sp³-hybridized carbons (Fsp3) is 0.241. The zero-order chi connectivity index (χ0) is 26.6. The molecule has 0 bridgehead atoms. The van der Waals surface area contributed by atoms with Crippen LogP contribution in [0.25, 0.3) is 11.1 Å². The summed E-state index contributed by atoms with van der Waals surface area (Å²) in [5.41, 5.74) is 3.11. The SMILES string of the molecule is Cc1ccc(-c2ccccc2F)cc1C(=O)NCCNC(=O)C(CC=O)NC(=O)CCc1ccccc1. The van der Waals surface area contributed by atoms with E-state index in [2.05, 4.69) is 16.0 Å². The molecule has 3 aromatic rings. The molecule has 3 amide bonds. The number of hydrogen-bond acceptors (Lipinski definition) is 4. The van der Waals surface area contributed by atoms with Crippen molar-refractivity contribution in [2.24, 2.45) is 0 Å².